The second-order valence-electron chi connectivity index (χ2n) is 7.32. The molecule has 0 bridgehead atoms. The highest BCUT2D eigenvalue weighted by molar-refractivity contribution is 5.81. The van der Waals surface area contributed by atoms with E-state index in [0.29, 0.717) is 36.1 Å². The predicted molar refractivity (Wildman–Crippen MR) is 117 cm³/mol. The van der Waals surface area contributed by atoms with E-state index in [-0.39, 0.29) is 12.5 Å². The zero-order valence-electron chi connectivity index (χ0n) is 17.6. The molecule has 6 heteroatoms. The van der Waals surface area contributed by atoms with Crippen LogP contribution in [0.15, 0.2) is 72.8 Å². The quantitative estimate of drug-likeness (QED) is 0.578. The second-order valence-corrected chi connectivity index (χ2v) is 7.32. The Bertz CT molecular complexity index is 1040. The molecule has 160 valence electrons. The van der Waals surface area contributed by atoms with Gasteiger partial charge in [0.25, 0.3) is 5.91 Å². The van der Waals surface area contributed by atoms with Gasteiger partial charge < -0.3 is 23.8 Å². The minimum absolute atomic E-state index is 0.141. The minimum atomic E-state index is -0.671. The third-order valence-corrected chi connectivity index (χ3v) is 5.05. The third kappa shape index (κ3) is 4.91. The van der Waals surface area contributed by atoms with Crippen LogP contribution in [0.25, 0.3) is 0 Å². The molecule has 3 aromatic carbocycles. The molecule has 0 aliphatic carbocycles. The molecule has 1 unspecified atom stereocenters. The van der Waals surface area contributed by atoms with Gasteiger partial charge in [0.1, 0.15) is 13.2 Å². The summed E-state index contributed by atoms with van der Waals surface area (Å²) >= 11 is 0. The number of ether oxygens (including phenoxy) is 4. The van der Waals surface area contributed by atoms with Crippen LogP contribution in [-0.2, 0) is 17.9 Å². The lowest BCUT2D eigenvalue weighted by atomic mass is 10.1. The molecule has 1 aliphatic rings. The zero-order valence-corrected chi connectivity index (χ0v) is 17.6. The number of rotatable bonds is 7. The number of amides is 1. The maximum atomic E-state index is 12.9. The van der Waals surface area contributed by atoms with Gasteiger partial charge in [-0.1, -0.05) is 48.5 Å². The van der Waals surface area contributed by atoms with Crippen LogP contribution in [-0.4, -0.2) is 37.7 Å². The Morgan fingerprint density at radius 1 is 0.968 bits per heavy atom. The summed E-state index contributed by atoms with van der Waals surface area (Å²) in [5.41, 5.74) is 2.01. The van der Waals surface area contributed by atoms with Crippen molar-refractivity contribution >= 4 is 5.91 Å². The van der Waals surface area contributed by atoms with Crippen molar-refractivity contribution in [2.75, 3.05) is 20.8 Å². The largest absolute Gasteiger partial charge is 0.493 e. The van der Waals surface area contributed by atoms with E-state index in [4.69, 9.17) is 18.9 Å². The molecule has 0 N–H and O–H groups in total. The van der Waals surface area contributed by atoms with Crippen molar-refractivity contribution in [2.45, 2.75) is 19.3 Å². The normalized spacial score (nSPS) is 14.6. The fraction of sp³-hybridized carbons (Fsp3) is 0.240. The van der Waals surface area contributed by atoms with Crippen LogP contribution < -0.4 is 18.9 Å². The Hall–Kier alpha value is -3.67. The SMILES string of the molecule is COc1cc(CN(C)C(=O)C2COc3ccccc3O2)ccc1OCc1ccccc1. The monoisotopic (exact) mass is 419 g/mol. The number of carbonyl (C=O) groups excluding carboxylic acids is 1. The first-order valence-corrected chi connectivity index (χ1v) is 10.1. The summed E-state index contributed by atoms with van der Waals surface area (Å²) in [5, 5.41) is 0. The van der Waals surface area contributed by atoms with Gasteiger partial charge in [0.2, 0.25) is 6.10 Å². The van der Waals surface area contributed by atoms with E-state index in [1.165, 1.54) is 0 Å². The first-order valence-electron chi connectivity index (χ1n) is 10.1. The third-order valence-electron chi connectivity index (χ3n) is 5.05. The van der Waals surface area contributed by atoms with Gasteiger partial charge in [-0.2, -0.15) is 0 Å². The van der Waals surface area contributed by atoms with Crippen LogP contribution in [0.1, 0.15) is 11.1 Å². The number of hydrogen-bond donors (Lipinski definition) is 0. The number of fused-ring (bicyclic) bond motifs is 1. The topological polar surface area (TPSA) is 57.2 Å². The maximum Gasteiger partial charge on any atom is 0.267 e. The van der Waals surface area contributed by atoms with Gasteiger partial charge in [0.15, 0.2) is 23.0 Å². The van der Waals surface area contributed by atoms with E-state index >= 15 is 0 Å². The number of likely N-dealkylation sites (N-methyl/N-ethyl adjacent to an activating group) is 1. The maximum absolute atomic E-state index is 12.9. The molecular formula is C25H25NO5. The van der Waals surface area contributed by atoms with Crippen LogP contribution >= 0.6 is 0 Å². The lowest BCUT2D eigenvalue weighted by Crippen LogP contribution is -2.44. The fourth-order valence-electron chi connectivity index (χ4n) is 3.40. The number of hydrogen-bond acceptors (Lipinski definition) is 5. The number of methoxy groups -OCH3 is 1. The summed E-state index contributed by atoms with van der Waals surface area (Å²) in [6.07, 6.45) is -0.671. The smallest absolute Gasteiger partial charge is 0.267 e. The number of carbonyl (C=O) groups is 1. The first kappa shape index (κ1) is 20.6. The molecule has 1 heterocycles. The number of benzene rings is 3. The highest BCUT2D eigenvalue weighted by atomic mass is 16.6. The molecule has 4 rings (SSSR count). The van der Waals surface area contributed by atoms with Crippen LogP contribution in [0.4, 0.5) is 0 Å². The summed E-state index contributed by atoms with van der Waals surface area (Å²) < 4.78 is 22.9. The Balaban J connectivity index is 1.38. The second kappa shape index (κ2) is 9.43. The molecule has 0 aromatic heterocycles. The van der Waals surface area contributed by atoms with Crippen LogP contribution in [0, 0.1) is 0 Å². The Morgan fingerprint density at radius 3 is 2.48 bits per heavy atom. The Morgan fingerprint density at radius 2 is 1.71 bits per heavy atom. The van der Waals surface area contributed by atoms with Crippen LogP contribution in [0.2, 0.25) is 0 Å². The lowest BCUT2D eigenvalue weighted by molar-refractivity contribution is -0.140. The fourth-order valence-corrected chi connectivity index (χ4v) is 3.40. The molecule has 0 saturated heterocycles. The van der Waals surface area contributed by atoms with E-state index in [2.05, 4.69) is 0 Å². The predicted octanol–water partition coefficient (Wildman–Crippen LogP) is 4.07. The molecule has 1 amide bonds. The first-order chi connectivity index (χ1) is 15.1. The Kier molecular flexibility index (Phi) is 6.26. The van der Waals surface area contributed by atoms with Gasteiger partial charge >= 0.3 is 0 Å². The summed E-state index contributed by atoms with van der Waals surface area (Å²) in [7, 11) is 3.35. The van der Waals surface area contributed by atoms with E-state index < -0.39 is 6.10 Å². The molecule has 6 nitrogen and oxygen atoms in total. The van der Waals surface area contributed by atoms with Crippen molar-refractivity contribution in [2.24, 2.45) is 0 Å². The average Bonchev–Trinajstić information content (AvgIpc) is 2.83. The molecule has 0 spiro atoms. The van der Waals surface area contributed by atoms with Crippen molar-refractivity contribution in [1.29, 1.82) is 0 Å². The van der Waals surface area contributed by atoms with Crippen molar-refractivity contribution in [3.05, 3.63) is 83.9 Å². The van der Waals surface area contributed by atoms with Gasteiger partial charge in [-0.05, 0) is 35.4 Å². The van der Waals surface area contributed by atoms with Gasteiger partial charge in [-0.15, -0.1) is 0 Å². The highest BCUT2D eigenvalue weighted by Gasteiger charge is 2.29. The summed E-state index contributed by atoms with van der Waals surface area (Å²) in [5.74, 6) is 2.38. The van der Waals surface area contributed by atoms with Gasteiger partial charge in [-0.25, -0.2) is 0 Å². The zero-order chi connectivity index (χ0) is 21.6. The number of nitrogens with zero attached hydrogens (tertiary/aromatic N) is 1. The van der Waals surface area contributed by atoms with Gasteiger partial charge in [0.05, 0.1) is 7.11 Å². The van der Waals surface area contributed by atoms with Crippen molar-refractivity contribution in [3.8, 4) is 23.0 Å². The highest BCUT2D eigenvalue weighted by Crippen LogP contribution is 2.32. The summed E-state index contributed by atoms with van der Waals surface area (Å²) in [6.45, 7) is 1.06. The minimum Gasteiger partial charge on any atom is -0.493 e. The molecule has 0 radical (unpaired) electrons. The van der Waals surface area contributed by atoms with Crippen LogP contribution in [0.5, 0.6) is 23.0 Å². The van der Waals surface area contributed by atoms with E-state index in [9.17, 15) is 4.79 Å². The summed E-state index contributed by atoms with van der Waals surface area (Å²) in [6, 6.07) is 23.0. The van der Waals surface area contributed by atoms with E-state index in [0.717, 1.165) is 11.1 Å². The molecule has 0 fully saturated rings. The molecular weight excluding hydrogens is 394 g/mol. The Labute approximate surface area is 181 Å². The van der Waals surface area contributed by atoms with Crippen molar-refractivity contribution in [1.82, 2.24) is 4.90 Å². The lowest BCUT2D eigenvalue weighted by Gasteiger charge is -2.29. The van der Waals surface area contributed by atoms with E-state index in [1.807, 2.05) is 66.7 Å². The molecule has 3 aromatic rings. The standard InChI is InChI=1S/C25H25NO5/c1-26(25(27)24-17-30-20-10-6-7-11-22(20)31-24)15-19-12-13-21(23(14-19)28-2)29-16-18-8-4-3-5-9-18/h3-14,24H,15-17H2,1-2H3. The molecule has 31 heavy (non-hydrogen) atoms. The van der Waals surface area contributed by atoms with Crippen molar-refractivity contribution in [3.63, 3.8) is 0 Å². The van der Waals surface area contributed by atoms with E-state index in [1.54, 1.807) is 25.1 Å². The molecule has 0 saturated carbocycles. The van der Waals surface area contributed by atoms with Gasteiger partial charge in [0, 0.05) is 13.6 Å². The van der Waals surface area contributed by atoms with Crippen molar-refractivity contribution < 1.29 is 23.7 Å². The van der Waals surface area contributed by atoms with Gasteiger partial charge in [-0.3, -0.25) is 4.79 Å². The molecule has 1 aliphatic heterocycles. The van der Waals surface area contributed by atoms with Crippen LogP contribution in [0.3, 0.4) is 0 Å². The average molecular weight is 419 g/mol. The summed E-state index contributed by atoms with van der Waals surface area (Å²) in [4.78, 5) is 14.5. The number of para-hydroxylation sites is 2. The molecule has 1 atom stereocenters.